The summed E-state index contributed by atoms with van der Waals surface area (Å²) in [6, 6.07) is -0.256. The molecule has 3 saturated heterocycles. The molecule has 9 N–H and O–H groups in total. The van der Waals surface area contributed by atoms with Gasteiger partial charge in [0.1, 0.15) is 34.5 Å². The molecule has 0 aromatic rings. The topological polar surface area (TPSA) is 434 Å². The van der Waals surface area contributed by atoms with Gasteiger partial charge in [0.05, 0.1) is 63.8 Å². The Labute approximate surface area is 468 Å². The van der Waals surface area contributed by atoms with Gasteiger partial charge in [0, 0.05) is 130 Å². The predicted molar refractivity (Wildman–Crippen MR) is 291 cm³/mol. The van der Waals surface area contributed by atoms with Crippen LogP contribution in [0.2, 0.25) is 6.04 Å². The zero-order valence-corrected chi connectivity index (χ0v) is 51.2. The third kappa shape index (κ3) is 34.0. The fraction of sp³-hybridized carbons (Fsp3) is 1.00. The van der Waals surface area contributed by atoms with Gasteiger partial charge in [-0.1, -0.05) is 19.8 Å². The number of piperazine rings is 3. The van der Waals surface area contributed by atoms with Gasteiger partial charge in [-0.15, -0.1) is 0 Å². The number of hydrogen-bond donors (Lipinski definition) is 9. The molecule has 3 aliphatic heterocycles. The molecule has 3 rings (SSSR count). The van der Waals surface area contributed by atoms with Crippen molar-refractivity contribution in [1.82, 2.24) is 29.4 Å². The fourth-order valence-electron chi connectivity index (χ4n) is 10.0. The smallest absolute Gasteiger partial charge is 0.391 e. The van der Waals surface area contributed by atoms with Gasteiger partial charge < -0.3 is 33.1 Å². The molecule has 79 heavy (non-hydrogen) atoms. The first-order chi connectivity index (χ1) is 36.2. The van der Waals surface area contributed by atoms with Crippen LogP contribution in [0.5, 0.6) is 0 Å². The highest BCUT2D eigenvalue weighted by Crippen LogP contribution is 2.28. The summed E-state index contributed by atoms with van der Waals surface area (Å²) in [5.74, 6) is -6.08. The summed E-state index contributed by atoms with van der Waals surface area (Å²) in [4.78, 5) is 10.3. The van der Waals surface area contributed by atoms with E-state index in [1.54, 1.807) is 29.4 Å². The number of rotatable bonds is 39. The van der Waals surface area contributed by atoms with E-state index in [0.717, 1.165) is 25.7 Å². The molecule has 31 nitrogen and oxygen atoms in total. The summed E-state index contributed by atoms with van der Waals surface area (Å²) in [5, 5.41) is 30.9. The van der Waals surface area contributed by atoms with Crippen molar-refractivity contribution in [3.63, 3.8) is 0 Å². The minimum Gasteiger partial charge on any atom is -0.391 e. The maximum atomic E-state index is 12.9. The molecule has 0 aromatic heterocycles. The van der Waals surface area contributed by atoms with Crippen LogP contribution >= 0.6 is 0 Å². The first-order valence-electron chi connectivity index (χ1n) is 26.1. The second-order valence-electron chi connectivity index (χ2n) is 21.7. The number of nitrogens with zero attached hydrogens (tertiary/aromatic N) is 7. The summed E-state index contributed by atoms with van der Waals surface area (Å²) in [7, 11) is -29.4. The van der Waals surface area contributed by atoms with Crippen LogP contribution in [0.4, 0.5) is 0 Å². The predicted octanol–water partition coefficient (Wildman–Crippen LogP) is -4.61. The van der Waals surface area contributed by atoms with E-state index in [4.69, 9.17) is 13.3 Å². The Morgan fingerprint density at radius 1 is 0.380 bits per heavy atom. The molecule has 0 saturated carbocycles. The highest BCUT2D eigenvalue weighted by molar-refractivity contribution is 7.87. The normalized spacial score (nSPS) is 21.6. The Hall–Kier alpha value is -0.843. The third-order valence-corrected chi connectivity index (χ3v) is 21.3. The highest BCUT2D eigenvalue weighted by Gasteiger charge is 2.50. The van der Waals surface area contributed by atoms with Gasteiger partial charge >= 0.3 is 8.80 Å². The van der Waals surface area contributed by atoms with Gasteiger partial charge in [0.25, 0.3) is 60.7 Å². The van der Waals surface area contributed by atoms with Crippen molar-refractivity contribution in [3.05, 3.63) is 0 Å². The van der Waals surface area contributed by atoms with Crippen LogP contribution in [0.15, 0.2) is 0 Å². The van der Waals surface area contributed by atoms with Crippen LogP contribution in [0.3, 0.4) is 0 Å². The standard InChI is InChI=1S/C41H87N7O24S6Si/c1-4-5-6-7-21-48(2,3)22-8-23-79(70-39(33-76(61,62)63)27-45-15-9-42(10-16-45)24-36(49)30-73(52,53)54,71-40(34-77(64,65)66)28-46-17-11-43(12-18-46)25-37(50)31-74(55,56)57)72-41(35-78(67,68)69)29-47-19-13-44(14-20-47)26-38(51)32-75(58,59)60/h36-41,49-51H,4-35H2,1-3H3,(H5-,52,53,54,55,56,57,58,59,60,61,62,63,64,65,66,67,68,69)/p+1. The molecular weight excluding hydrogens is 1190 g/mol. The van der Waals surface area contributed by atoms with Crippen molar-refractivity contribution in [2.24, 2.45) is 0 Å². The SMILES string of the molecule is CCCCCC[N+](C)(C)CCC[Si](OC(CN1CCN(CC(O)CS(=O)(=O)O)CC1)CS(=O)(=O)O)(OC(CN1CCN(CC(O)CS(=O)(=O)O)CC1)CS(=O)(=O)O)OC(CN1CCN(CC(O)CS(=O)(=O)O)CC1)CS(=O)(=O)O. The summed E-state index contributed by atoms with van der Waals surface area (Å²) in [6.07, 6.45) is -5.17. The van der Waals surface area contributed by atoms with E-state index >= 15 is 0 Å². The van der Waals surface area contributed by atoms with Gasteiger partial charge in [-0.2, -0.15) is 50.5 Å². The number of hydrogen-bond acceptors (Lipinski definition) is 24. The molecule has 0 bridgehead atoms. The highest BCUT2D eigenvalue weighted by atomic mass is 32.2. The molecule has 3 aliphatic rings. The van der Waals surface area contributed by atoms with E-state index < -0.39 is 141 Å². The fourth-order valence-corrected chi connectivity index (χ4v) is 17.2. The molecular formula is C41H88N7O24S6Si+. The zero-order valence-electron chi connectivity index (χ0n) is 45.3. The Morgan fingerprint density at radius 2 is 0.620 bits per heavy atom. The zero-order chi connectivity index (χ0) is 59.7. The first kappa shape index (κ1) is 72.4. The maximum Gasteiger partial charge on any atom is 0.502 e. The van der Waals surface area contributed by atoms with Crippen molar-refractivity contribution in [1.29, 1.82) is 0 Å². The van der Waals surface area contributed by atoms with Gasteiger partial charge in [0.15, 0.2) is 0 Å². The molecule has 3 heterocycles. The second-order valence-corrected chi connectivity index (χ2v) is 33.3. The van der Waals surface area contributed by atoms with Crippen molar-refractivity contribution in [3.8, 4) is 0 Å². The van der Waals surface area contributed by atoms with E-state index in [0.29, 0.717) is 17.6 Å². The number of aliphatic hydroxyl groups is 3. The van der Waals surface area contributed by atoms with Crippen LogP contribution in [0.25, 0.3) is 0 Å². The van der Waals surface area contributed by atoms with E-state index in [1.165, 1.54) is 0 Å². The van der Waals surface area contributed by atoms with Crippen LogP contribution in [-0.4, -0.2) is 352 Å². The average molecular weight is 1280 g/mol. The van der Waals surface area contributed by atoms with Crippen molar-refractivity contribution in [2.75, 3.05) is 180 Å². The minimum atomic E-state index is -4.95. The van der Waals surface area contributed by atoms with E-state index in [2.05, 4.69) is 6.92 Å². The lowest BCUT2D eigenvalue weighted by atomic mass is 10.2. The molecule has 6 atom stereocenters. The summed E-state index contributed by atoms with van der Waals surface area (Å²) < 4.78 is 226. The van der Waals surface area contributed by atoms with Crippen LogP contribution in [0, 0.1) is 0 Å². The Kier molecular flexibility index (Phi) is 29.4. The quantitative estimate of drug-likeness (QED) is 0.0121. The molecule has 0 amide bonds. The van der Waals surface area contributed by atoms with Gasteiger partial charge in [0.2, 0.25) is 0 Å². The lowest BCUT2D eigenvalue weighted by molar-refractivity contribution is -0.890. The maximum absolute atomic E-state index is 12.9. The molecule has 3 fully saturated rings. The number of aliphatic hydroxyl groups excluding tert-OH is 3. The molecule has 0 radical (unpaired) electrons. The minimum absolute atomic E-state index is 0.149. The summed E-state index contributed by atoms with van der Waals surface area (Å²) >= 11 is 0. The summed E-state index contributed by atoms with van der Waals surface area (Å²) in [6.45, 7) is 3.89. The summed E-state index contributed by atoms with van der Waals surface area (Å²) in [5.41, 5.74) is 0. The van der Waals surface area contributed by atoms with Crippen molar-refractivity contribution < 1.29 is 111 Å². The van der Waals surface area contributed by atoms with Gasteiger partial charge in [-0.3, -0.25) is 56.7 Å². The van der Waals surface area contributed by atoms with E-state index in [1.807, 2.05) is 14.1 Å². The van der Waals surface area contributed by atoms with Gasteiger partial charge in [-0.25, -0.2) is 0 Å². The average Bonchev–Trinajstić information content (AvgIpc) is 3.23. The Morgan fingerprint density at radius 3 is 0.861 bits per heavy atom. The van der Waals surface area contributed by atoms with Crippen LogP contribution in [0.1, 0.15) is 39.0 Å². The first-order valence-corrected chi connectivity index (χ1v) is 37.7. The monoisotopic (exact) mass is 1280 g/mol. The molecule has 470 valence electrons. The second kappa shape index (κ2) is 32.1. The molecule has 0 spiro atoms. The van der Waals surface area contributed by atoms with Crippen LogP contribution in [-0.2, 0) is 74.0 Å². The Balaban J connectivity index is 2.15. The van der Waals surface area contributed by atoms with E-state index in [9.17, 15) is 93.1 Å². The van der Waals surface area contributed by atoms with Gasteiger partial charge in [-0.05, 0) is 12.8 Å². The van der Waals surface area contributed by atoms with Crippen molar-refractivity contribution >= 4 is 69.5 Å². The number of β-amino-alcohol motifs (C(OH)–C–C–N with tert-alkyl or cyclic N) is 3. The number of quaternary nitrogens is 1. The molecule has 6 unspecified atom stereocenters. The van der Waals surface area contributed by atoms with Crippen molar-refractivity contribution in [2.45, 2.75) is 81.7 Å². The molecule has 0 aliphatic carbocycles. The van der Waals surface area contributed by atoms with Crippen LogP contribution < -0.4 is 0 Å². The van der Waals surface area contributed by atoms with E-state index in [-0.39, 0.29) is 130 Å². The Bertz CT molecular complexity index is 2270. The third-order valence-electron chi connectivity index (χ3n) is 13.5. The molecule has 38 heteroatoms. The largest absolute Gasteiger partial charge is 0.502 e. The lowest BCUT2D eigenvalue weighted by Gasteiger charge is -2.43. The number of unbranched alkanes of at least 4 members (excludes halogenated alkanes) is 3. The lowest BCUT2D eigenvalue weighted by Crippen LogP contribution is -2.60. The molecule has 0 aromatic carbocycles.